The maximum Gasteiger partial charge on any atom is 0.343 e. The smallest absolute Gasteiger partial charge is 0.299 e. The molecule has 1 N–H and O–H groups in total. The first-order chi connectivity index (χ1) is 15.9. The molecule has 2 aromatic rings. The number of hydrogen-bond donors (Lipinski definition) is 1. The van der Waals surface area contributed by atoms with Crippen LogP contribution >= 0.6 is 15.9 Å². The fourth-order valence-electron chi connectivity index (χ4n) is 4.78. The molecule has 0 radical (unpaired) electrons. The Labute approximate surface area is 199 Å². The molecule has 9 heteroatoms. The van der Waals surface area contributed by atoms with Crippen LogP contribution in [0.15, 0.2) is 46.9 Å². The van der Waals surface area contributed by atoms with Crippen LogP contribution in [-0.4, -0.2) is 58.3 Å². The van der Waals surface area contributed by atoms with Crippen molar-refractivity contribution in [2.45, 2.75) is 31.7 Å². The van der Waals surface area contributed by atoms with Crippen molar-refractivity contribution < 1.29 is 19.2 Å². The number of likely N-dealkylation sites (tertiary alicyclic amines) is 1. The third kappa shape index (κ3) is 4.18. The molecule has 5 amide bonds. The van der Waals surface area contributed by atoms with E-state index in [1.54, 1.807) is 12.1 Å². The summed E-state index contributed by atoms with van der Waals surface area (Å²) in [5.74, 6) is -0.955. The number of nitrogens with one attached hydrogen (secondary N) is 1. The Morgan fingerprint density at radius 1 is 0.909 bits per heavy atom. The molecule has 3 aliphatic rings. The fourth-order valence-corrected chi connectivity index (χ4v) is 5.20. The van der Waals surface area contributed by atoms with E-state index in [0.717, 1.165) is 46.0 Å². The first-order valence-corrected chi connectivity index (χ1v) is 11.8. The molecule has 170 valence electrons. The van der Waals surface area contributed by atoms with Crippen molar-refractivity contribution in [3.05, 3.63) is 69.2 Å². The summed E-state index contributed by atoms with van der Waals surface area (Å²) >= 11 is 3.55. The van der Waals surface area contributed by atoms with Gasteiger partial charge in [-0.15, -0.1) is 0 Å². The molecule has 0 bridgehead atoms. The Balaban J connectivity index is 1.26. The van der Waals surface area contributed by atoms with Crippen LogP contribution in [0.1, 0.15) is 57.0 Å². The number of urea groups is 1. The molecule has 0 aromatic heterocycles. The largest absolute Gasteiger partial charge is 0.343 e. The van der Waals surface area contributed by atoms with Gasteiger partial charge in [-0.05, 0) is 67.2 Å². The predicted molar refractivity (Wildman–Crippen MR) is 123 cm³/mol. The highest BCUT2D eigenvalue weighted by molar-refractivity contribution is 9.10. The normalized spacial score (nSPS) is 19.8. The van der Waals surface area contributed by atoms with Crippen molar-refractivity contribution in [1.82, 2.24) is 20.2 Å². The van der Waals surface area contributed by atoms with E-state index in [2.05, 4.69) is 44.3 Å². The SMILES string of the molecule is O=C1CCN(N2C(=O)c3ccc(CN4CCC(c5cccc(Br)c5)CC4)cc3C2=O)C(=O)N1. The summed E-state index contributed by atoms with van der Waals surface area (Å²) < 4.78 is 1.10. The molecule has 2 fully saturated rings. The first-order valence-electron chi connectivity index (χ1n) is 11.0. The fraction of sp³-hybridized carbons (Fsp3) is 0.333. The number of halogens is 1. The average Bonchev–Trinajstić information content (AvgIpc) is 3.04. The molecule has 2 aromatic carbocycles. The summed E-state index contributed by atoms with van der Waals surface area (Å²) in [4.78, 5) is 51.7. The minimum absolute atomic E-state index is 0.00405. The zero-order valence-electron chi connectivity index (χ0n) is 17.9. The van der Waals surface area contributed by atoms with Crippen molar-refractivity contribution in [3.63, 3.8) is 0 Å². The van der Waals surface area contributed by atoms with Gasteiger partial charge in [-0.1, -0.05) is 34.1 Å². The van der Waals surface area contributed by atoms with E-state index >= 15 is 0 Å². The van der Waals surface area contributed by atoms with Crippen LogP contribution in [0.4, 0.5) is 4.79 Å². The second-order valence-corrected chi connectivity index (χ2v) is 9.55. The minimum atomic E-state index is -0.755. The van der Waals surface area contributed by atoms with E-state index in [9.17, 15) is 19.2 Å². The van der Waals surface area contributed by atoms with Gasteiger partial charge in [0.15, 0.2) is 0 Å². The molecule has 3 aliphatic heterocycles. The van der Waals surface area contributed by atoms with Gasteiger partial charge in [-0.3, -0.25) is 24.6 Å². The molecule has 2 saturated heterocycles. The van der Waals surface area contributed by atoms with Crippen LogP contribution in [0.2, 0.25) is 0 Å². The Morgan fingerprint density at radius 3 is 2.39 bits per heavy atom. The quantitative estimate of drug-likeness (QED) is 0.637. The van der Waals surface area contributed by atoms with Gasteiger partial charge >= 0.3 is 6.03 Å². The van der Waals surface area contributed by atoms with Gasteiger partial charge < -0.3 is 0 Å². The number of carbonyl (C=O) groups excluding carboxylic acids is 4. The maximum atomic E-state index is 13.0. The number of imide groups is 2. The summed E-state index contributed by atoms with van der Waals surface area (Å²) in [6.45, 7) is 2.60. The molecular weight excluding hydrogens is 488 g/mol. The molecule has 33 heavy (non-hydrogen) atoms. The summed E-state index contributed by atoms with van der Waals surface area (Å²) in [6.07, 6.45) is 2.17. The Bertz CT molecular complexity index is 1160. The van der Waals surface area contributed by atoms with Gasteiger partial charge in [0.1, 0.15) is 0 Å². The van der Waals surface area contributed by atoms with Gasteiger partial charge in [-0.2, -0.15) is 5.01 Å². The van der Waals surface area contributed by atoms with E-state index in [-0.39, 0.29) is 18.5 Å². The van der Waals surface area contributed by atoms with Crippen LogP contribution in [0.5, 0.6) is 0 Å². The predicted octanol–water partition coefficient (Wildman–Crippen LogP) is 3.28. The molecule has 5 rings (SSSR count). The lowest BCUT2D eigenvalue weighted by molar-refractivity contribution is -0.122. The summed E-state index contributed by atoms with van der Waals surface area (Å²) in [5.41, 5.74) is 2.89. The van der Waals surface area contributed by atoms with Crippen LogP contribution < -0.4 is 5.32 Å². The van der Waals surface area contributed by atoms with Gasteiger partial charge in [0.25, 0.3) is 11.8 Å². The number of amides is 5. The van der Waals surface area contributed by atoms with Gasteiger partial charge in [0.05, 0.1) is 17.7 Å². The second kappa shape index (κ2) is 8.72. The van der Waals surface area contributed by atoms with Crippen molar-refractivity contribution in [2.75, 3.05) is 19.6 Å². The van der Waals surface area contributed by atoms with E-state index in [1.807, 2.05) is 12.1 Å². The third-order valence-corrected chi connectivity index (χ3v) is 7.01. The van der Waals surface area contributed by atoms with Crippen molar-refractivity contribution in [1.29, 1.82) is 0 Å². The van der Waals surface area contributed by atoms with Crippen molar-refractivity contribution >= 4 is 39.7 Å². The number of fused-ring (bicyclic) bond motifs is 1. The first kappa shape index (κ1) is 21.8. The van der Waals surface area contributed by atoms with Gasteiger partial charge in [-0.25, -0.2) is 9.80 Å². The number of carbonyl (C=O) groups is 4. The highest BCUT2D eigenvalue weighted by atomic mass is 79.9. The second-order valence-electron chi connectivity index (χ2n) is 8.63. The molecule has 0 unspecified atom stereocenters. The summed E-state index contributed by atoms with van der Waals surface area (Å²) in [5, 5.41) is 4.01. The number of piperidine rings is 1. The summed E-state index contributed by atoms with van der Waals surface area (Å²) in [6, 6.07) is 13.0. The Hall–Kier alpha value is -3.04. The standard InChI is InChI=1S/C24H23BrN4O4/c25-18-3-1-2-17(13-18)16-6-9-27(10-7-16)14-15-4-5-19-20(12-15)23(32)29(22(19)31)28-11-8-21(30)26-24(28)33/h1-5,12-13,16H,6-11,14H2,(H,26,30,33). The number of rotatable bonds is 4. The lowest BCUT2D eigenvalue weighted by Gasteiger charge is -2.32. The van der Waals surface area contributed by atoms with Gasteiger partial charge in [0.2, 0.25) is 5.91 Å². The molecule has 3 heterocycles. The van der Waals surface area contributed by atoms with Crippen LogP contribution in [0.25, 0.3) is 0 Å². The van der Waals surface area contributed by atoms with E-state index < -0.39 is 23.8 Å². The molecule has 0 atom stereocenters. The molecule has 0 aliphatic carbocycles. The zero-order valence-corrected chi connectivity index (χ0v) is 19.5. The maximum absolute atomic E-state index is 13.0. The van der Waals surface area contributed by atoms with Crippen LogP contribution in [0, 0.1) is 0 Å². The average molecular weight is 511 g/mol. The Kier molecular flexibility index (Phi) is 5.76. The topological polar surface area (TPSA) is 90.0 Å². The number of hydrazine groups is 1. The number of benzene rings is 2. The summed E-state index contributed by atoms with van der Waals surface area (Å²) in [7, 11) is 0. The van der Waals surface area contributed by atoms with Crippen LogP contribution in [0.3, 0.4) is 0 Å². The highest BCUT2D eigenvalue weighted by Gasteiger charge is 2.43. The monoisotopic (exact) mass is 510 g/mol. The number of hydrogen-bond acceptors (Lipinski definition) is 5. The molecular formula is C24H23BrN4O4. The third-order valence-electron chi connectivity index (χ3n) is 6.52. The van der Waals surface area contributed by atoms with Crippen LogP contribution in [-0.2, 0) is 11.3 Å². The number of nitrogens with zero attached hydrogens (tertiary/aromatic N) is 3. The van der Waals surface area contributed by atoms with Crippen molar-refractivity contribution in [2.24, 2.45) is 0 Å². The van der Waals surface area contributed by atoms with E-state index in [4.69, 9.17) is 0 Å². The lowest BCUT2D eigenvalue weighted by atomic mass is 9.89. The van der Waals surface area contributed by atoms with E-state index in [0.29, 0.717) is 18.0 Å². The van der Waals surface area contributed by atoms with Crippen molar-refractivity contribution in [3.8, 4) is 0 Å². The molecule has 0 spiro atoms. The molecule has 0 saturated carbocycles. The minimum Gasteiger partial charge on any atom is -0.299 e. The zero-order chi connectivity index (χ0) is 23.1. The molecule has 8 nitrogen and oxygen atoms in total. The Morgan fingerprint density at radius 2 is 1.67 bits per heavy atom. The van der Waals surface area contributed by atoms with E-state index in [1.165, 1.54) is 5.56 Å². The lowest BCUT2D eigenvalue weighted by Crippen LogP contribution is -2.58. The van der Waals surface area contributed by atoms with Gasteiger partial charge in [0, 0.05) is 17.4 Å². The highest BCUT2D eigenvalue weighted by Crippen LogP contribution is 2.31.